The minimum Gasteiger partial charge on any atom is -0.326 e. The maximum Gasteiger partial charge on any atom is 0.417 e. The highest BCUT2D eigenvalue weighted by atomic mass is 19.4. The zero-order chi connectivity index (χ0) is 15.6. The van der Waals surface area contributed by atoms with Gasteiger partial charge in [-0.2, -0.15) is 13.2 Å². The fraction of sp³-hybridized carbons (Fsp3) is 0.214. The van der Waals surface area contributed by atoms with E-state index in [4.69, 9.17) is 5.73 Å². The second-order valence-corrected chi connectivity index (χ2v) is 4.50. The molecule has 0 amide bonds. The van der Waals surface area contributed by atoms with E-state index in [1.807, 2.05) is 0 Å². The molecule has 1 aromatic heterocycles. The first-order valence-electron chi connectivity index (χ1n) is 6.06. The third-order valence-electron chi connectivity index (χ3n) is 3.04. The molecule has 0 aliphatic heterocycles. The molecule has 0 saturated carbocycles. The number of hydrogen-bond donors (Lipinski definition) is 1. The molecule has 0 aliphatic rings. The quantitative estimate of drug-likeness (QED) is 0.885. The number of hydrogen-bond acceptors (Lipinski definition) is 2. The number of rotatable bonds is 3. The van der Waals surface area contributed by atoms with E-state index in [9.17, 15) is 22.4 Å². The lowest BCUT2D eigenvalue weighted by Gasteiger charge is -2.13. The standard InChI is InChI=1S/C14H12F4N2O/c15-12-3-1-9(10(5-12)6-19)7-20-8-11(14(16,17)18)2-4-13(20)21/h1-5,8H,6-7,19H2. The van der Waals surface area contributed by atoms with Gasteiger partial charge in [0.1, 0.15) is 5.82 Å². The molecule has 0 saturated heterocycles. The van der Waals surface area contributed by atoms with E-state index in [-0.39, 0.29) is 13.1 Å². The van der Waals surface area contributed by atoms with Gasteiger partial charge in [0.2, 0.25) is 0 Å². The minimum absolute atomic E-state index is 0.0286. The summed E-state index contributed by atoms with van der Waals surface area (Å²) in [6.07, 6.45) is -3.79. The smallest absolute Gasteiger partial charge is 0.326 e. The molecule has 1 heterocycles. The summed E-state index contributed by atoms with van der Waals surface area (Å²) in [6, 6.07) is 5.37. The SMILES string of the molecule is NCc1cc(F)ccc1Cn1cc(C(F)(F)F)ccc1=O. The van der Waals surface area contributed by atoms with E-state index in [2.05, 4.69) is 0 Å². The Labute approximate surface area is 117 Å². The summed E-state index contributed by atoms with van der Waals surface area (Å²) in [5.74, 6) is -0.490. The molecule has 2 rings (SSSR count). The molecule has 0 spiro atoms. The van der Waals surface area contributed by atoms with Crippen LogP contribution in [-0.4, -0.2) is 4.57 Å². The van der Waals surface area contributed by atoms with Crippen LogP contribution in [0.5, 0.6) is 0 Å². The van der Waals surface area contributed by atoms with Gasteiger partial charge in [0.25, 0.3) is 5.56 Å². The van der Waals surface area contributed by atoms with Gasteiger partial charge in [-0.25, -0.2) is 4.39 Å². The molecular formula is C14H12F4N2O. The maximum atomic E-state index is 13.1. The van der Waals surface area contributed by atoms with Crippen LogP contribution < -0.4 is 11.3 Å². The summed E-state index contributed by atoms with van der Waals surface area (Å²) in [4.78, 5) is 11.7. The van der Waals surface area contributed by atoms with Crippen LogP contribution in [0.25, 0.3) is 0 Å². The lowest BCUT2D eigenvalue weighted by molar-refractivity contribution is -0.138. The molecule has 0 fully saturated rings. The second kappa shape index (κ2) is 5.69. The molecular weight excluding hydrogens is 288 g/mol. The van der Waals surface area contributed by atoms with Crippen molar-refractivity contribution in [2.45, 2.75) is 19.3 Å². The number of pyridine rings is 1. The van der Waals surface area contributed by atoms with Crippen LogP contribution in [0.15, 0.2) is 41.3 Å². The predicted molar refractivity (Wildman–Crippen MR) is 69.1 cm³/mol. The summed E-state index contributed by atoms with van der Waals surface area (Å²) in [5, 5.41) is 0. The van der Waals surface area contributed by atoms with Gasteiger partial charge < -0.3 is 10.3 Å². The van der Waals surface area contributed by atoms with Gasteiger partial charge in [-0.1, -0.05) is 6.07 Å². The third kappa shape index (κ3) is 3.49. The van der Waals surface area contributed by atoms with Crippen molar-refractivity contribution < 1.29 is 17.6 Å². The summed E-state index contributed by atoms with van der Waals surface area (Å²) in [7, 11) is 0. The van der Waals surface area contributed by atoms with Crippen LogP contribution in [-0.2, 0) is 19.3 Å². The average Bonchev–Trinajstić information content (AvgIpc) is 2.41. The maximum absolute atomic E-state index is 13.1. The van der Waals surface area contributed by atoms with Crippen LogP contribution in [0.1, 0.15) is 16.7 Å². The van der Waals surface area contributed by atoms with Crippen LogP contribution in [0, 0.1) is 5.82 Å². The van der Waals surface area contributed by atoms with E-state index in [1.54, 1.807) is 0 Å². The van der Waals surface area contributed by atoms with E-state index in [1.165, 1.54) is 18.2 Å². The zero-order valence-electron chi connectivity index (χ0n) is 10.8. The molecule has 7 heteroatoms. The molecule has 112 valence electrons. The highest BCUT2D eigenvalue weighted by Crippen LogP contribution is 2.28. The summed E-state index contributed by atoms with van der Waals surface area (Å²) >= 11 is 0. The molecule has 2 aromatic rings. The zero-order valence-corrected chi connectivity index (χ0v) is 10.8. The van der Waals surface area contributed by atoms with Crippen LogP contribution in [0.2, 0.25) is 0 Å². The van der Waals surface area contributed by atoms with Crippen LogP contribution >= 0.6 is 0 Å². The highest BCUT2D eigenvalue weighted by Gasteiger charge is 2.31. The fourth-order valence-electron chi connectivity index (χ4n) is 1.94. The van der Waals surface area contributed by atoms with Crippen LogP contribution in [0.4, 0.5) is 17.6 Å². The van der Waals surface area contributed by atoms with Gasteiger partial charge in [-0.3, -0.25) is 4.79 Å². The predicted octanol–water partition coefficient (Wildman–Crippen LogP) is 2.51. The largest absolute Gasteiger partial charge is 0.417 e. The van der Waals surface area contributed by atoms with Gasteiger partial charge in [0, 0.05) is 18.8 Å². The molecule has 0 atom stereocenters. The number of aromatic nitrogens is 1. The molecule has 0 aliphatic carbocycles. The molecule has 1 aromatic carbocycles. The number of alkyl halides is 3. The van der Waals surface area contributed by atoms with Gasteiger partial charge in [-0.15, -0.1) is 0 Å². The number of benzene rings is 1. The van der Waals surface area contributed by atoms with Crippen molar-refractivity contribution in [2.75, 3.05) is 0 Å². The van der Waals surface area contributed by atoms with Crippen molar-refractivity contribution in [3.63, 3.8) is 0 Å². The van der Waals surface area contributed by atoms with Gasteiger partial charge in [0.15, 0.2) is 0 Å². The third-order valence-corrected chi connectivity index (χ3v) is 3.04. The van der Waals surface area contributed by atoms with E-state index < -0.39 is 23.1 Å². The Hall–Kier alpha value is -2.15. The lowest BCUT2D eigenvalue weighted by atomic mass is 10.1. The monoisotopic (exact) mass is 300 g/mol. The number of halogens is 4. The lowest BCUT2D eigenvalue weighted by Crippen LogP contribution is -2.22. The Balaban J connectivity index is 2.42. The van der Waals surface area contributed by atoms with Crippen molar-refractivity contribution in [1.82, 2.24) is 4.57 Å². The molecule has 2 N–H and O–H groups in total. The molecule has 0 unspecified atom stereocenters. The first kappa shape index (κ1) is 15.2. The van der Waals surface area contributed by atoms with Crippen molar-refractivity contribution in [3.8, 4) is 0 Å². The average molecular weight is 300 g/mol. The molecule has 0 bridgehead atoms. The van der Waals surface area contributed by atoms with Gasteiger partial charge in [0.05, 0.1) is 12.1 Å². The summed E-state index contributed by atoms with van der Waals surface area (Å²) in [5.41, 5.74) is 4.93. The van der Waals surface area contributed by atoms with E-state index in [0.29, 0.717) is 11.1 Å². The Morgan fingerprint density at radius 3 is 2.43 bits per heavy atom. The Morgan fingerprint density at radius 1 is 1.10 bits per heavy atom. The molecule has 21 heavy (non-hydrogen) atoms. The number of nitrogens with two attached hydrogens (primary N) is 1. The normalized spacial score (nSPS) is 11.7. The Bertz CT molecular complexity index is 707. The number of nitrogens with zero attached hydrogens (tertiary/aromatic N) is 1. The van der Waals surface area contributed by atoms with Gasteiger partial charge in [-0.05, 0) is 29.3 Å². The van der Waals surface area contributed by atoms with Crippen molar-refractivity contribution in [1.29, 1.82) is 0 Å². The minimum atomic E-state index is -4.53. The van der Waals surface area contributed by atoms with Gasteiger partial charge >= 0.3 is 6.18 Å². The second-order valence-electron chi connectivity index (χ2n) is 4.50. The first-order chi connectivity index (χ1) is 9.81. The van der Waals surface area contributed by atoms with Crippen molar-refractivity contribution in [2.24, 2.45) is 5.73 Å². The molecule has 0 radical (unpaired) electrons. The Kier molecular flexibility index (Phi) is 4.13. The summed E-state index contributed by atoms with van der Waals surface area (Å²) < 4.78 is 52.0. The van der Waals surface area contributed by atoms with Crippen molar-refractivity contribution in [3.05, 3.63) is 69.4 Å². The molecule has 3 nitrogen and oxygen atoms in total. The summed E-state index contributed by atoms with van der Waals surface area (Å²) in [6.45, 7) is -0.0730. The van der Waals surface area contributed by atoms with E-state index in [0.717, 1.165) is 22.9 Å². The first-order valence-corrected chi connectivity index (χ1v) is 6.06. The van der Waals surface area contributed by atoms with Crippen LogP contribution in [0.3, 0.4) is 0 Å². The fourth-order valence-corrected chi connectivity index (χ4v) is 1.94. The highest BCUT2D eigenvalue weighted by molar-refractivity contribution is 5.28. The topological polar surface area (TPSA) is 48.0 Å². The van der Waals surface area contributed by atoms with Crippen molar-refractivity contribution >= 4 is 0 Å². The van der Waals surface area contributed by atoms with E-state index >= 15 is 0 Å². The Morgan fingerprint density at radius 2 is 1.81 bits per heavy atom.